The van der Waals surface area contributed by atoms with Crippen LogP contribution in [0.1, 0.15) is 33.7 Å². The molecule has 0 aliphatic carbocycles. The molecule has 1 saturated heterocycles. The van der Waals surface area contributed by atoms with Gasteiger partial charge in [0.1, 0.15) is 10.8 Å². The van der Waals surface area contributed by atoms with Crippen LogP contribution in [-0.2, 0) is 4.74 Å². The average Bonchev–Trinajstić information content (AvgIpc) is 3.26. The first-order valence-corrected chi connectivity index (χ1v) is 9.85. The van der Waals surface area contributed by atoms with Crippen LogP contribution in [0, 0.1) is 0 Å². The maximum atomic E-state index is 12.8. The van der Waals surface area contributed by atoms with E-state index in [-0.39, 0.29) is 22.9 Å². The first kappa shape index (κ1) is 19.4. The van der Waals surface area contributed by atoms with Gasteiger partial charge in [-0.3, -0.25) is 9.59 Å². The van der Waals surface area contributed by atoms with Crippen molar-refractivity contribution in [3.05, 3.63) is 71.0 Å². The zero-order valence-electron chi connectivity index (χ0n) is 15.7. The van der Waals surface area contributed by atoms with Gasteiger partial charge in [0.15, 0.2) is 0 Å². The Morgan fingerprint density at radius 2 is 1.90 bits per heavy atom. The molecule has 1 aliphatic rings. The van der Waals surface area contributed by atoms with Crippen LogP contribution in [0.15, 0.2) is 54.6 Å². The molecule has 2 aromatic carbocycles. The molecule has 0 unspecified atom stereocenters. The molecule has 0 spiro atoms. The molecule has 148 valence electrons. The molecule has 2 heterocycles. The highest BCUT2D eigenvalue weighted by Crippen LogP contribution is 2.23. The van der Waals surface area contributed by atoms with E-state index < -0.39 is 5.91 Å². The third-order valence-corrected chi connectivity index (χ3v) is 5.15. The number of hydrogen-bond donors (Lipinski definition) is 2. The fourth-order valence-electron chi connectivity index (χ4n) is 3.36. The highest BCUT2D eigenvalue weighted by molar-refractivity contribution is 6.34. The van der Waals surface area contributed by atoms with E-state index in [1.165, 1.54) is 0 Å². The van der Waals surface area contributed by atoms with E-state index in [0.29, 0.717) is 17.8 Å². The summed E-state index contributed by atoms with van der Waals surface area (Å²) in [4.78, 5) is 29.6. The molecule has 3 aromatic rings. The summed E-state index contributed by atoms with van der Waals surface area (Å²) in [6.45, 7) is 1.18. The number of para-hydroxylation sites is 1. The molecule has 0 saturated carbocycles. The van der Waals surface area contributed by atoms with Crippen LogP contribution < -0.4 is 10.6 Å². The van der Waals surface area contributed by atoms with E-state index in [1.807, 2.05) is 24.3 Å². The molecule has 1 aromatic heterocycles. The number of carbonyl (C=O) groups is 2. The van der Waals surface area contributed by atoms with Crippen molar-refractivity contribution in [1.82, 2.24) is 10.3 Å². The smallest absolute Gasteiger partial charge is 0.274 e. The summed E-state index contributed by atoms with van der Waals surface area (Å²) in [6, 6.07) is 16.0. The first-order valence-electron chi connectivity index (χ1n) is 9.47. The number of halogens is 1. The van der Waals surface area contributed by atoms with E-state index in [0.717, 1.165) is 30.2 Å². The molecule has 1 aliphatic heterocycles. The molecule has 2 N–H and O–H groups in total. The normalized spacial score (nSPS) is 16.0. The Hall–Kier alpha value is -2.96. The van der Waals surface area contributed by atoms with Crippen LogP contribution in [0.4, 0.5) is 5.69 Å². The number of fused-ring (bicyclic) bond motifs is 1. The van der Waals surface area contributed by atoms with Gasteiger partial charge in [-0.05, 0) is 36.4 Å². The van der Waals surface area contributed by atoms with Gasteiger partial charge in [-0.15, -0.1) is 0 Å². The van der Waals surface area contributed by atoms with E-state index in [9.17, 15) is 9.59 Å². The SMILES string of the molecule is O=C(Nc1ccccc1C(=O)NC[C@@H]1CCCO1)c1cc2ccccc2c(Cl)n1. The summed E-state index contributed by atoms with van der Waals surface area (Å²) in [5, 5.41) is 7.51. The number of carbonyl (C=O) groups excluding carboxylic acids is 2. The minimum atomic E-state index is -0.433. The molecule has 0 bridgehead atoms. The van der Waals surface area contributed by atoms with Gasteiger partial charge in [-0.1, -0.05) is 48.0 Å². The summed E-state index contributed by atoms with van der Waals surface area (Å²) in [6.07, 6.45) is 1.99. The summed E-state index contributed by atoms with van der Waals surface area (Å²) in [5.74, 6) is -0.696. The molecule has 2 amide bonds. The van der Waals surface area contributed by atoms with Gasteiger partial charge in [0.05, 0.1) is 17.4 Å². The molecule has 6 nitrogen and oxygen atoms in total. The Morgan fingerprint density at radius 1 is 1.10 bits per heavy atom. The molecule has 1 atom stereocenters. The van der Waals surface area contributed by atoms with Crippen molar-refractivity contribution >= 4 is 39.9 Å². The number of benzene rings is 2. The number of ether oxygens (including phenoxy) is 1. The Kier molecular flexibility index (Phi) is 5.74. The van der Waals surface area contributed by atoms with Crippen molar-refractivity contribution in [2.45, 2.75) is 18.9 Å². The standard InChI is InChI=1S/C22H20ClN3O3/c23-20-16-8-2-1-6-14(16)12-19(25-20)22(28)26-18-10-4-3-9-17(18)21(27)24-13-15-7-5-11-29-15/h1-4,6,8-10,12,15H,5,7,11,13H2,(H,24,27)(H,26,28)/t15-/m0/s1. The summed E-state index contributed by atoms with van der Waals surface area (Å²) < 4.78 is 5.53. The summed E-state index contributed by atoms with van der Waals surface area (Å²) in [7, 11) is 0. The lowest BCUT2D eigenvalue weighted by molar-refractivity contribution is 0.0858. The zero-order chi connectivity index (χ0) is 20.2. The first-order chi connectivity index (χ1) is 14.1. The number of nitrogens with zero attached hydrogens (tertiary/aromatic N) is 1. The van der Waals surface area contributed by atoms with Crippen molar-refractivity contribution in [3.8, 4) is 0 Å². The maximum Gasteiger partial charge on any atom is 0.274 e. The fraction of sp³-hybridized carbons (Fsp3) is 0.227. The van der Waals surface area contributed by atoms with Gasteiger partial charge in [0.2, 0.25) is 0 Å². The van der Waals surface area contributed by atoms with Gasteiger partial charge in [-0.2, -0.15) is 0 Å². The van der Waals surface area contributed by atoms with Crippen molar-refractivity contribution in [2.24, 2.45) is 0 Å². The predicted octanol–water partition coefficient (Wildman–Crippen LogP) is 4.05. The van der Waals surface area contributed by atoms with Gasteiger partial charge >= 0.3 is 0 Å². The third-order valence-electron chi connectivity index (χ3n) is 4.86. The Bertz CT molecular complexity index is 1060. The van der Waals surface area contributed by atoms with Crippen LogP contribution in [0.25, 0.3) is 10.8 Å². The minimum Gasteiger partial charge on any atom is -0.376 e. The van der Waals surface area contributed by atoms with Crippen LogP contribution in [-0.4, -0.2) is 36.1 Å². The van der Waals surface area contributed by atoms with E-state index in [2.05, 4.69) is 15.6 Å². The van der Waals surface area contributed by atoms with Crippen molar-refractivity contribution in [2.75, 3.05) is 18.5 Å². The summed E-state index contributed by atoms with van der Waals surface area (Å²) >= 11 is 6.23. The monoisotopic (exact) mass is 409 g/mol. The largest absolute Gasteiger partial charge is 0.376 e. The Balaban J connectivity index is 1.52. The number of anilines is 1. The predicted molar refractivity (Wildman–Crippen MR) is 112 cm³/mol. The molecule has 7 heteroatoms. The van der Waals surface area contributed by atoms with E-state index in [1.54, 1.807) is 30.3 Å². The van der Waals surface area contributed by atoms with E-state index >= 15 is 0 Å². The van der Waals surface area contributed by atoms with Gasteiger partial charge in [-0.25, -0.2) is 4.98 Å². The highest BCUT2D eigenvalue weighted by Gasteiger charge is 2.19. The quantitative estimate of drug-likeness (QED) is 0.623. The van der Waals surface area contributed by atoms with Crippen molar-refractivity contribution in [1.29, 1.82) is 0 Å². The molecular weight excluding hydrogens is 390 g/mol. The zero-order valence-corrected chi connectivity index (χ0v) is 16.4. The van der Waals surface area contributed by atoms with Crippen LogP contribution >= 0.6 is 11.6 Å². The van der Waals surface area contributed by atoms with Crippen molar-refractivity contribution in [3.63, 3.8) is 0 Å². The maximum absolute atomic E-state index is 12.8. The molecule has 1 fully saturated rings. The van der Waals surface area contributed by atoms with Crippen LogP contribution in [0.3, 0.4) is 0 Å². The number of nitrogens with one attached hydrogen (secondary N) is 2. The van der Waals surface area contributed by atoms with Gasteiger partial charge < -0.3 is 15.4 Å². The lowest BCUT2D eigenvalue weighted by Crippen LogP contribution is -2.32. The second kappa shape index (κ2) is 8.59. The molecule has 29 heavy (non-hydrogen) atoms. The third kappa shape index (κ3) is 4.39. The number of amides is 2. The van der Waals surface area contributed by atoms with Gasteiger partial charge in [0.25, 0.3) is 11.8 Å². The van der Waals surface area contributed by atoms with E-state index in [4.69, 9.17) is 16.3 Å². The summed E-state index contributed by atoms with van der Waals surface area (Å²) in [5.41, 5.74) is 0.974. The number of hydrogen-bond acceptors (Lipinski definition) is 4. The van der Waals surface area contributed by atoms with Crippen LogP contribution in [0.2, 0.25) is 5.15 Å². The minimum absolute atomic E-state index is 0.0460. The number of pyridine rings is 1. The average molecular weight is 410 g/mol. The van der Waals surface area contributed by atoms with Crippen molar-refractivity contribution < 1.29 is 14.3 Å². The Morgan fingerprint density at radius 3 is 2.72 bits per heavy atom. The second-order valence-corrected chi connectivity index (χ2v) is 7.22. The lowest BCUT2D eigenvalue weighted by Gasteiger charge is -2.14. The highest BCUT2D eigenvalue weighted by atomic mass is 35.5. The molecular formula is C22H20ClN3O3. The fourth-order valence-corrected chi connectivity index (χ4v) is 3.62. The second-order valence-electron chi connectivity index (χ2n) is 6.86. The number of rotatable bonds is 5. The number of aromatic nitrogens is 1. The Labute approximate surface area is 173 Å². The molecule has 4 rings (SSSR count). The lowest BCUT2D eigenvalue weighted by atomic mass is 10.1. The van der Waals surface area contributed by atoms with Gasteiger partial charge in [0, 0.05) is 18.5 Å². The van der Waals surface area contributed by atoms with Crippen LogP contribution in [0.5, 0.6) is 0 Å². The molecule has 0 radical (unpaired) electrons. The topological polar surface area (TPSA) is 80.3 Å².